The van der Waals surface area contributed by atoms with Gasteiger partial charge in [-0.25, -0.2) is 0 Å². The number of para-hydroxylation sites is 1. The number of benzene rings is 1. The normalized spacial score (nSPS) is 13.8. The van der Waals surface area contributed by atoms with Crippen LogP contribution in [0, 0.1) is 6.92 Å². The molecule has 0 radical (unpaired) electrons. The van der Waals surface area contributed by atoms with Crippen LogP contribution in [-0.4, -0.2) is 70.6 Å². The summed E-state index contributed by atoms with van der Waals surface area (Å²) >= 11 is 2.75. The minimum atomic E-state index is -0.190. The molecule has 0 saturated carbocycles. The average Bonchev–Trinajstić information content (AvgIpc) is 3.47. The Kier molecular flexibility index (Phi) is 7.45. The number of carbonyl (C=O) groups excluding carboxylic acids is 2. The first-order valence-corrected chi connectivity index (χ1v) is 12.3. The van der Waals surface area contributed by atoms with Crippen LogP contribution < -0.4 is 15.0 Å². The third kappa shape index (κ3) is 5.82. The molecule has 12 heteroatoms. The lowest BCUT2D eigenvalue weighted by Crippen LogP contribution is -2.48. The Morgan fingerprint density at radius 1 is 1.21 bits per heavy atom. The van der Waals surface area contributed by atoms with Crippen molar-refractivity contribution in [3.8, 4) is 5.75 Å². The predicted octanol–water partition coefficient (Wildman–Crippen LogP) is 2.93. The molecule has 3 aromatic rings. The first kappa shape index (κ1) is 23.1. The summed E-state index contributed by atoms with van der Waals surface area (Å²) in [5.41, 5.74) is 0.585. The zero-order chi connectivity index (χ0) is 23.2. The molecule has 0 aliphatic carbocycles. The van der Waals surface area contributed by atoms with Crippen molar-refractivity contribution in [1.29, 1.82) is 0 Å². The van der Waals surface area contributed by atoms with Gasteiger partial charge in [0.2, 0.25) is 11.0 Å². The van der Waals surface area contributed by atoms with Crippen LogP contribution in [0.3, 0.4) is 0 Å². The molecule has 3 heterocycles. The van der Waals surface area contributed by atoms with Gasteiger partial charge in [0.15, 0.2) is 10.2 Å². The summed E-state index contributed by atoms with van der Waals surface area (Å²) in [6.45, 7) is 6.66. The summed E-state index contributed by atoms with van der Waals surface area (Å²) in [7, 11) is 0. The Labute approximate surface area is 199 Å². The summed E-state index contributed by atoms with van der Waals surface area (Å²) in [4.78, 5) is 29.0. The molecule has 0 bridgehead atoms. The van der Waals surface area contributed by atoms with Gasteiger partial charge in [-0.05, 0) is 26.0 Å². The molecule has 2 amide bonds. The maximum absolute atomic E-state index is 13.0. The summed E-state index contributed by atoms with van der Waals surface area (Å²) in [5.74, 6) is 1.62. The van der Waals surface area contributed by atoms with Crippen LogP contribution in [0.15, 0.2) is 39.2 Å². The number of nitrogens with one attached hydrogen (secondary N) is 1. The van der Waals surface area contributed by atoms with Gasteiger partial charge in [-0.1, -0.05) is 40.4 Å². The molecule has 1 aliphatic heterocycles. The number of ether oxygens (including phenoxy) is 1. The number of hydrogen-bond acceptors (Lipinski definition) is 10. The smallest absolute Gasteiger partial charge is 0.257 e. The van der Waals surface area contributed by atoms with Gasteiger partial charge in [-0.15, -0.1) is 10.2 Å². The number of thioether (sulfide) groups is 1. The first-order valence-electron chi connectivity index (χ1n) is 10.5. The van der Waals surface area contributed by atoms with Gasteiger partial charge in [0.05, 0.1) is 17.9 Å². The van der Waals surface area contributed by atoms with Crippen molar-refractivity contribution in [2.24, 2.45) is 0 Å². The number of piperazine rings is 1. The van der Waals surface area contributed by atoms with E-state index in [1.54, 1.807) is 19.1 Å². The van der Waals surface area contributed by atoms with Crippen LogP contribution in [0.4, 0.5) is 10.9 Å². The number of rotatable bonds is 8. The molecule has 174 valence electrons. The topological polar surface area (TPSA) is 114 Å². The lowest BCUT2D eigenvalue weighted by Gasteiger charge is -2.34. The lowest BCUT2D eigenvalue weighted by molar-refractivity contribution is -0.113. The van der Waals surface area contributed by atoms with E-state index in [0.717, 1.165) is 5.13 Å². The summed E-state index contributed by atoms with van der Waals surface area (Å²) in [5, 5.41) is 15.7. The van der Waals surface area contributed by atoms with E-state index in [1.807, 2.05) is 30.0 Å². The van der Waals surface area contributed by atoms with Gasteiger partial charge >= 0.3 is 0 Å². The highest BCUT2D eigenvalue weighted by atomic mass is 32.2. The number of aromatic nitrogens is 3. The van der Waals surface area contributed by atoms with E-state index in [4.69, 9.17) is 9.26 Å². The maximum atomic E-state index is 13.0. The molecule has 1 aliphatic rings. The standard InChI is InChI=1S/C21H24N6O4S2/c1-3-30-16-7-5-4-6-15(16)19(29)26-8-10-27(11-9-26)20-23-24-21(33-20)32-13-18(28)22-17-12-14(2)31-25-17/h4-7,12H,3,8-11,13H2,1-2H3,(H,22,25,28). The van der Waals surface area contributed by atoms with E-state index in [9.17, 15) is 9.59 Å². The Balaban J connectivity index is 1.27. The van der Waals surface area contributed by atoms with Crippen molar-refractivity contribution < 1.29 is 18.8 Å². The maximum Gasteiger partial charge on any atom is 0.257 e. The van der Waals surface area contributed by atoms with Crippen molar-refractivity contribution in [2.75, 3.05) is 48.8 Å². The first-order chi connectivity index (χ1) is 16.0. The van der Waals surface area contributed by atoms with Crippen molar-refractivity contribution in [1.82, 2.24) is 20.3 Å². The van der Waals surface area contributed by atoms with Gasteiger partial charge < -0.3 is 24.4 Å². The fourth-order valence-corrected chi connectivity index (χ4v) is 5.01. The van der Waals surface area contributed by atoms with E-state index in [0.29, 0.717) is 60.0 Å². The molecule has 1 fully saturated rings. The number of amides is 2. The highest BCUT2D eigenvalue weighted by molar-refractivity contribution is 8.01. The van der Waals surface area contributed by atoms with Crippen LogP contribution in [0.1, 0.15) is 23.0 Å². The van der Waals surface area contributed by atoms with E-state index in [-0.39, 0.29) is 17.6 Å². The van der Waals surface area contributed by atoms with Crippen LogP contribution in [-0.2, 0) is 4.79 Å². The third-order valence-electron chi connectivity index (χ3n) is 4.87. The number of aryl methyl sites for hydroxylation is 1. The summed E-state index contributed by atoms with van der Waals surface area (Å²) in [6.07, 6.45) is 0. The highest BCUT2D eigenvalue weighted by Gasteiger charge is 2.26. The van der Waals surface area contributed by atoms with E-state index < -0.39 is 0 Å². The third-order valence-corrected chi connectivity index (χ3v) is 6.99. The summed E-state index contributed by atoms with van der Waals surface area (Å²) in [6, 6.07) is 8.99. The Bertz CT molecular complexity index is 1110. The van der Waals surface area contributed by atoms with Gasteiger partial charge in [0, 0.05) is 32.2 Å². The minimum absolute atomic E-state index is 0.0273. The number of nitrogens with zero attached hydrogens (tertiary/aromatic N) is 5. The van der Waals surface area contributed by atoms with E-state index in [1.165, 1.54) is 23.1 Å². The predicted molar refractivity (Wildman–Crippen MR) is 126 cm³/mol. The second-order valence-electron chi connectivity index (χ2n) is 7.22. The number of anilines is 2. The van der Waals surface area contributed by atoms with Gasteiger partial charge in [0.25, 0.3) is 5.91 Å². The Hall–Kier alpha value is -3.12. The van der Waals surface area contributed by atoms with Gasteiger partial charge in [-0.3, -0.25) is 9.59 Å². The van der Waals surface area contributed by atoms with Crippen molar-refractivity contribution >= 4 is 45.9 Å². The molecule has 1 aromatic carbocycles. The molecule has 0 spiro atoms. The quantitative estimate of drug-likeness (QED) is 0.478. The fourth-order valence-electron chi connectivity index (χ4n) is 3.32. The van der Waals surface area contributed by atoms with Crippen LogP contribution in [0.5, 0.6) is 5.75 Å². The van der Waals surface area contributed by atoms with Gasteiger partial charge in [0.1, 0.15) is 11.5 Å². The van der Waals surface area contributed by atoms with Crippen molar-refractivity contribution in [3.63, 3.8) is 0 Å². The molecular formula is C21H24N6O4S2. The molecule has 2 aromatic heterocycles. The van der Waals surface area contributed by atoms with Crippen molar-refractivity contribution in [3.05, 3.63) is 41.7 Å². The monoisotopic (exact) mass is 488 g/mol. The zero-order valence-electron chi connectivity index (χ0n) is 18.3. The number of hydrogen-bond donors (Lipinski definition) is 1. The van der Waals surface area contributed by atoms with Crippen molar-refractivity contribution in [2.45, 2.75) is 18.2 Å². The molecule has 33 heavy (non-hydrogen) atoms. The molecule has 4 rings (SSSR count). The molecular weight excluding hydrogens is 464 g/mol. The average molecular weight is 489 g/mol. The summed E-state index contributed by atoms with van der Waals surface area (Å²) < 4.78 is 11.2. The van der Waals surface area contributed by atoms with Crippen LogP contribution in [0.25, 0.3) is 0 Å². The van der Waals surface area contributed by atoms with E-state index >= 15 is 0 Å². The number of carbonyl (C=O) groups is 2. The Morgan fingerprint density at radius 3 is 2.73 bits per heavy atom. The Morgan fingerprint density at radius 2 is 2.00 bits per heavy atom. The molecule has 10 nitrogen and oxygen atoms in total. The van der Waals surface area contributed by atoms with E-state index in [2.05, 4.69) is 25.6 Å². The second kappa shape index (κ2) is 10.7. The second-order valence-corrected chi connectivity index (χ2v) is 9.40. The van der Waals surface area contributed by atoms with Crippen LogP contribution >= 0.6 is 23.1 Å². The minimum Gasteiger partial charge on any atom is -0.493 e. The largest absolute Gasteiger partial charge is 0.493 e. The fraction of sp³-hybridized carbons (Fsp3) is 0.381. The molecule has 1 N–H and O–H groups in total. The molecule has 0 atom stereocenters. The van der Waals surface area contributed by atoms with Gasteiger partial charge in [-0.2, -0.15) is 0 Å². The molecule has 0 unspecified atom stereocenters. The zero-order valence-corrected chi connectivity index (χ0v) is 19.9. The van der Waals surface area contributed by atoms with Crippen LogP contribution in [0.2, 0.25) is 0 Å². The molecule has 1 saturated heterocycles. The lowest BCUT2D eigenvalue weighted by atomic mass is 10.1. The SMILES string of the molecule is CCOc1ccccc1C(=O)N1CCN(c2nnc(SCC(=O)Nc3cc(C)on3)s2)CC1. The highest BCUT2D eigenvalue weighted by Crippen LogP contribution is 2.29.